The maximum absolute atomic E-state index is 13.1. The Morgan fingerprint density at radius 1 is 1.37 bits per heavy atom. The minimum Gasteiger partial charge on any atom is -0.374 e. The van der Waals surface area contributed by atoms with Crippen molar-refractivity contribution in [2.24, 2.45) is 0 Å². The molecule has 106 valence electrons. The van der Waals surface area contributed by atoms with Crippen LogP contribution in [0.25, 0.3) is 0 Å². The van der Waals surface area contributed by atoms with Crippen molar-refractivity contribution in [3.8, 4) is 0 Å². The summed E-state index contributed by atoms with van der Waals surface area (Å²) in [7, 11) is 1.93. The minimum atomic E-state index is -0.193. The van der Waals surface area contributed by atoms with E-state index in [-0.39, 0.29) is 18.0 Å². The van der Waals surface area contributed by atoms with Crippen molar-refractivity contribution in [2.75, 3.05) is 26.7 Å². The summed E-state index contributed by atoms with van der Waals surface area (Å²) < 4.78 is 19.0. The number of rotatable bonds is 4. The first-order chi connectivity index (χ1) is 9.13. The first-order valence-electron chi connectivity index (χ1n) is 6.91. The maximum Gasteiger partial charge on any atom is 0.123 e. The molecule has 19 heavy (non-hydrogen) atoms. The number of hydrogen-bond donors (Lipinski definition) is 1. The van der Waals surface area contributed by atoms with Crippen LogP contribution in [0.1, 0.15) is 25.5 Å². The van der Waals surface area contributed by atoms with Gasteiger partial charge >= 0.3 is 0 Å². The molecule has 0 aliphatic carbocycles. The molecular weight excluding hydrogens is 243 g/mol. The molecule has 0 spiro atoms. The average molecular weight is 266 g/mol. The number of ether oxygens (including phenoxy) is 1. The third-order valence-corrected chi connectivity index (χ3v) is 3.67. The van der Waals surface area contributed by atoms with Crippen molar-refractivity contribution in [3.63, 3.8) is 0 Å². The van der Waals surface area contributed by atoms with Crippen molar-refractivity contribution < 1.29 is 9.13 Å². The third-order valence-electron chi connectivity index (χ3n) is 3.67. The molecule has 1 fully saturated rings. The summed E-state index contributed by atoms with van der Waals surface area (Å²) in [5.41, 5.74) is 1.12. The van der Waals surface area contributed by atoms with E-state index in [1.807, 2.05) is 19.2 Å². The first kappa shape index (κ1) is 14.4. The van der Waals surface area contributed by atoms with Gasteiger partial charge in [-0.1, -0.05) is 12.1 Å². The Hall–Kier alpha value is -0.970. The quantitative estimate of drug-likeness (QED) is 0.904. The second-order valence-electron chi connectivity index (χ2n) is 5.29. The Morgan fingerprint density at radius 3 is 2.63 bits per heavy atom. The molecule has 1 heterocycles. The van der Waals surface area contributed by atoms with E-state index in [1.165, 1.54) is 12.1 Å². The van der Waals surface area contributed by atoms with Gasteiger partial charge in [-0.3, -0.25) is 4.90 Å². The molecule has 1 saturated heterocycles. The van der Waals surface area contributed by atoms with Gasteiger partial charge in [-0.15, -0.1) is 0 Å². The fourth-order valence-electron chi connectivity index (χ4n) is 2.77. The second kappa shape index (κ2) is 6.46. The van der Waals surface area contributed by atoms with Crippen LogP contribution >= 0.6 is 0 Å². The van der Waals surface area contributed by atoms with Crippen molar-refractivity contribution in [1.29, 1.82) is 0 Å². The maximum atomic E-state index is 13.1. The summed E-state index contributed by atoms with van der Waals surface area (Å²) in [6, 6.07) is 7.41. The number of hydrogen-bond acceptors (Lipinski definition) is 3. The Balaban J connectivity index is 2.28. The highest BCUT2D eigenvalue weighted by atomic mass is 19.1. The molecule has 2 atom stereocenters. The predicted molar refractivity (Wildman–Crippen MR) is 74.6 cm³/mol. The van der Waals surface area contributed by atoms with E-state index >= 15 is 0 Å². The lowest BCUT2D eigenvalue weighted by molar-refractivity contribution is -0.0815. The fourth-order valence-corrected chi connectivity index (χ4v) is 2.77. The van der Waals surface area contributed by atoms with E-state index in [1.54, 1.807) is 0 Å². The standard InChI is InChI=1S/C15H23FN2O/c1-11(2)18-8-9-19-14(10-17-3)15(18)12-4-6-13(16)7-5-12/h4-7,11,14-15,17H,8-10H2,1-3H3. The topological polar surface area (TPSA) is 24.5 Å². The van der Waals surface area contributed by atoms with Gasteiger partial charge in [0.25, 0.3) is 0 Å². The average Bonchev–Trinajstić information content (AvgIpc) is 2.40. The summed E-state index contributed by atoms with van der Waals surface area (Å²) in [6.45, 7) is 6.85. The zero-order valence-electron chi connectivity index (χ0n) is 11.9. The lowest BCUT2D eigenvalue weighted by Gasteiger charge is -2.43. The van der Waals surface area contributed by atoms with Crippen LogP contribution in [-0.2, 0) is 4.74 Å². The van der Waals surface area contributed by atoms with Crippen LogP contribution in [0.15, 0.2) is 24.3 Å². The Morgan fingerprint density at radius 2 is 2.05 bits per heavy atom. The van der Waals surface area contributed by atoms with Crippen molar-refractivity contribution in [2.45, 2.75) is 32.0 Å². The lowest BCUT2D eigenvalue weighted by atomic mass is 9.96. The van der Waals surface area contributed by atoms with Gasteiger partial charge < -0.3 is 10.1 Å². The SMILES string of the molecule is CNCC1OCCN(C(C)C)C1c1ccc(F)cc1. The third kappa shape index (κ3) is 3.32. The van der Waals surface area contributed by atoms with Gasteiger partial charge in [-0.2, -0.15) is 0 Å². The zero-order valence-corrected chi connectivity index (χ0v) is 11.9. The molecule has 1 aliphatic heterocycles. The van der Waals surface area contributed by atoms with E-state index in [0.29, 0.717) is 6.04 Å². The number of benzene rings is 1. The molecule has 1 N–H and O–H groups in total. The van der Waals surface area contributed by atoms with Gasteiger partial charge in [-0.05, 0) is 38.6 Å². The molecule has 1 aromatic carbocycles. The van der Waals surface area contributed by atoms with Gasteiger partial charge in [0, 0.05) is 19.1 Å². The normalized spacial score (nSPS) is 24.9. The van der Waals surface area contributed by atoms with Crippen molar-refractivity contribution in [1.82, 2.24) is 10.2 Å². The summed E-state index contributed by atoms with van der Waals surface area (Å²) in [5, 5.41) is 3.18. The largest absolute Gasteiger partial charge is 0.374 e. The number of nitrogens with zero attached hydrogens (tertiary/aromatic N) is 1. The molecular formula is C15H23FN2O. The van der Waals surface area contributed by atoms with Crippen molar-refractivity contribution in [3.05, 3.63) is 35.6 Å². The molecule has 3 nitrogen and oxygen atoms in total. The summed E-state index contributed by atoms with van der Waals surface area (Å²) in [6.07, 6.45) is 0.103. The van der Waals surface area contributed by atoms with E-state index in [2.05, 4.69) is 24.1 Å². The lowest BCUT2D eigenvalue weighted by Crippen LogP contribution is -2.51. The van der Waals surface area contributed by atoms with Crippen LogP contribution in [-0.4, -0.2) is 43.8 Å². The highest BCUT2D eigenvalue weighted by Crippen LogP contribution is 2.31. The summed E-state index contributed by atoms with van der Waals surface area (Å²) >= 11 is 0. The number of halogens is 1. The first-order valence-corrected chi connectivity index (χ1v) is 6.91. The molecule has 4 heteroatoms. The Bertz CT molecular complexity index is 392. The van der Waals surface area contributed by atoms with E-state index in [0.717, 1.165) is 25.3 Å². The fraction of sp³-hybridized carbons (Fsp3) is 0.600. The van der Waals surface area contributed by atoms with Crippen LogP contribution < -0.4 is 5.32 Å². The van der Waals surface area contributed by atoms with E-state index < -0.39 is 0 Å². The van der Waals surface area contributed by atoms with Crippen LogP contribution in [0.2, 0.25) is 0 Å². The molecule has 2 unspecified atom stereocenters. The smallest absolute Gasteiger partial charge is 0.123 e. The predicted octanol–water partition coefficient (Wildman–Crippen LogP) is 2.20. The summed E-state index contributed by atoms with van der Waals surface area (Å²) in [4.78, 5) is 2.43. The second-order valence-corrected chi connectivity index (χ2v) is 5.29. The van der Waals surface area contributed by atoms with Gasteiger partial charge in [0.2, 0.25) is 0 Å². The van der Waals surface area contributed by atoms with E-state index in [9.17, 15) is 4.39 Å². The van der Waals surface area contributed by atoms with Gasteiger partial charge in [0.15, 0.2) is 0 Å². The molecule has 0 radical (unpaired) electrons. The minimum absolute atomic E-state index is 0.103. The molecule has 0 bridgehead atoms. The van der Waals surface area contributed by atoms with Gasteiger partial charge in [0.1, 0.15) is 5.82 Å². The molecule has 1 aromatic rings. The molecule has 0 aromatic heterocycles. The van der Waals surface area contributed by atoms with Crippen LogP contribution in [0, 0.1) is 5.82 Å². The van der Waals surface area contributed by atoms with Crippen molar-refractivity contribution >= 4 is 0 Å². The van der Waals surface area contributed by atoms with Crippen LogP contribution in [0.3, 0.4) is 0 Å². The van der Waals surface area contributed by atoms with Crippen LogP contribution in [0.4, 0.5) is 4.39 Å². The highest BCUT2D eigenvalue weighted by Gasteiger charge is 2.34. The number of nitrogens with one attached hydrogen (secondary N) is 1. The molecule has 0 amide bonds. The Kier molecular flexibility index (Phi) is 4.91. The number of likely N-dealkylation sites (N-methyl/N-ethyl adjacent to an activating group) is 1. The molecule has 2 rings (SSSR count). The van der Waals surface area contributed by atoms with Gasteiger partial charge in [-0.25, -0.2) is 4.39 Å². The summed E-state index contributed by atoms with van der Waals surface area (Å²) in [5.74, 6) is -0.193. The van der Waals surface area contributed by atoms with Crippen LogP contribution in [0.5, 0.6) is 0 Å². The number of morpholine rings is 1. The highest BCUT2D eigenvalue weighted by molar-refractivity contribution is 5.22. The monoisotopic (exact) mass is 266 g/mol. The molecule has 1 aliphatic rings. The zero-order chi connectivity index (χ0) is 13.8. The van der Waals surface area contributed by atoms with E-state index in [4.69, 9.17) is 4.74 Å². The molecule has 0 saturated carbocycles. The van der Waals surface area contributed by atoms with Gasteiger partial charge in [0.05, 0.1) is 18.8 Å². The Labute approximate surface area is 114 Å².